The molecule has 3 N–H and O–H groups in total. The van der Waals surface area contributed by atoms with Crippen LogP contribution in [0.2, 0.25) is 5.15 Å². The molecule has 0 saturated heterocycles. The van der Waals surface area contributed by atoms with Gasteiger partial charge in [-0.05, 0) is 26.2 Å². The van der Waals surface area contributed by atoms with Crippen LogP contribution in [0.3, 0.4) is 0 Å². The first-order valence-corrected chi connectivity index (χ1v) is 6.09. The Morgan fingerprint density at radius 1 is 1.50 bits per heavy atom. The van der Waals surface area contributed by atoms with E-state index in [-0.39, 0.29) is 0 Å². The van der Waals surface area contributed by atoms with Gasteiger partial charge in [-0.3, -0.25) is 0 Å². The van der Waals surface area contributed by atoms with Gasteiger partial charge in [-0.15, -0.1) is 0 Å². The number of aromatic nitrogens is 2. The molecule has 1 unspecified atom stereocenters. The Bertz CT molecular complexity index is 390. The molecule has 1 aliphatic carbocycles. The maximum absolute atomic E-state index is 6.00. The molecule has 4 nitrogen and oxygen atoms in total. The van der Waals surface area contributed by atoms with Crippen LogP contribution in [0, 0.1) is 0 Å². The van der Waals surface area contributed by atoms with Gasteiger partial charge < -0.3 is 11.1 Å². The number of nitrogens with zero attached hydrogens (tertiary/aromatic N) is 2. The van der Waals surface area contributed by atoms with Crippen LogP contribution in [-0.2, 0) is 0 Å². The Kier molecular flexibility index (Phi) is 3.19. The molecule has 0 amide bonds. The number of nitrogens with two attached hydrogens (primary N) is 1. The fraction of sp³-hybridized carbons (Fsp3) is 0.636. The molecule has 0 radical (unpaired) electrons. The largest absolute Gasteiger partial charge is 0.393 e. The molecule has 1 aliphatic rings. The van der Waals surface area contributed by atoms with Crippen LogP contribution < -0.4 is 11.1 Å². The zero-order valence-corrected chi connectivity index (χ0v) is 10.4. The van der Waals surface area contributed by atoms with Crippen LogP contribution in [0.25, 0.3) is 0 Å². The number of hydrogen-bond acceptors (Lipinski definition) is 4. The third-order valence-corrected chi connectivity index (χ3v) is 3.14. The summed E-state index contributed by atoms with van der Waals surface area (Å²) in [5, 5.41) is 3.63. The van der Waals surface area contributed by atoms with E-state index >= 15 is 0 Å². The number of nitrogens with one attached hydrogen (secondary N) is 1. The quantitative estimate of drug-likeness (QED) is 0.795. The molecule has 1 aromatic heterocycles. The van der Waals surface area contributed by atoms with Crippen LogP contribution in [0.1, 0.15) is 44.9 Å². The van der Waals surface area contributed by atoms with Crippen molar-refractivity contribution in [2.24, 2.45) is 0 Å². The predicted octanol–water partition coefficient (Wildman–Crippen LogP) is 2.80. The summed E-state index contributed by atoms with van der Waals surface area (Å²) >= 11 is 6.00. The summed E-state index contributed by atoms with van der Waals surface area (Å²) in [6.45, 7) is 4.20. The second kappa shape index (κ2) is 4.45. The van der Waals surface area contributed by atoms with Gasteiger partial charge in [0.25, 0.3) is 0 Å². The summed E-state index contributed by atoms with van der Waals surface area (Å²) in [4.78, 5) is 8.67. The average molecular weight is 241 g/mol. The minimum atomic E-state index is 0.334. The molecular weight excluding hydrogens is 224 g/mol. The van der Waals surface area contributed by atoms with Gasteiger partial charge in [0.05, 0.1) is 0 Å². The van der Waals surface area contributed by atoms with E-state index < -0.39 is 0 Å². The van der Waals surface area contributed by atoms with E-state index in [9.17, 15) is 0 Å². The van der Waals surface area contributed by atoms with Crippen molar-refractivity contribution >= 4 is 23.1 Å². The van der Waals surface area contributed by atoms with Crippen molar-refractivity contribution in [2.45, 2.75) is 45.1 Å². The average Bonchev–Trinajstić information content (AvgIpc) is 3.07. The molecule has 1 fully saturated rings. The van der Waals surface area contributed by atoms with Crippen LogP contribution in [0.15, 0.2) is 0 Å². The topological polar surface area (TPSA) is 63.8 Å². The van der Waals surface area contributed by atoms with Gasteiger partial charge in [0.15, 0.2) is 11.0 Å². The molecule has 0 aliphatic heterocycles. The Morgan fingerprint density at radius 3 is 2.75 bits per heavy atom. The van der Waals surface area contributed by atoms with E-state index in [2.05, 4.69) is 29.1 Å². The second-order valence-electron chi connectivity index (χ2n) is 4.36. The fourth-order valence-corrected chi connectivity index (χ4v) is 1.60. The number of rotatable bonds is 4. The second-order valence-corrected chi connectivity index (χ2v) is 4.72. The molecule has 5 heteroatoms. The molecule has 88 valence electrons. The lowest BCUT2D eigenvalue weighted by Crippen LogP contribution is -2.17. The predicted molar refractivity (Wildman–Crippen MR) is 66.8 cm³/mol. The van der Waals surface area contributed by atoms with Crippen LogP contribution >= 0.6 is 11.6 Å². The molecule has 0 aromatic carbocycles. The smallest absolute Gasteiger partial charge is 0.157 e. The Hall–Kier alpha value is -1.03. The van der Waals surface area contributed by atoms with Crippen molar-refractivity contribution in [1.82, 2.24) is 9.97 Å². The molecule has 1 aromatic rings. The van der Waals surface area contributed by atoms with E-state index in [0.717, 1.165) is 25.1 Å². The zero-order valence-electron chi connectivity index (χ0n) is 9.63. The van der Waals surface area contributed by atoms with E-state index in [4.69, 9.17) is 17.3 Å². The molecule has 0 bridgehead atoms. The van der Waals surface area contributed by atoms with Gasteiger partial charge in [-0.25, -0.2) is 9.97 Å². The number of anilines is 2. The molecule has 1 saturated carbocycles. The van der Waals surface area contributed by atoms with Crippen molar-refractivity contribution in [2.75, 3.05) is 11.1 Å². The highest BCUT2D eigenvalue weighted by molar-refractivity contribution is 6.32. The summed E-state index contributed by atoms with van der Waals surface area (Å²) < 4.78 is 0. The summed E-state index contributed by atoms with van der Waals surface area (Å²) in [5.41, 5.74) is 6.31. The Labute approximate surface area is 101 Å². The number of nitrogen functional groups attached to an aromatic ring is 1. The lowest BCUT2D eigenvalue weighted by atomic mass is 10.2. The highest BCUT2D eigenvalue weighted by atomic mass is 35.5. The third-order valence-electron chi connectivity index (χ3n) is 2.85. The third kappa shape index (κ3) is 2.38. The normalized spacial score (nSPS) is 17.2. The Morgan fingerprint density at radius 2 is 2.19 bits per heavy atom. The SMILES string of the molecule is CCC(C)Nc1nc(C2CC2)nc(Cl)c1N. The van der Waals surface area contributed by atoms with Crippen molar-refractivity contribution < 1.29 is 0 Å². The number of halogens is 1. The summed E-state index contributed by atoms with van der Waals surface area (Å²) in [7, 11) is 0. The minimum Gasteiger partial charge on any atom is -0.393 e. The van der Waals surface area contributed by atoms with Crippen LogP contribution in [0.4, 0.5) is 11.5 Å². The highest BCUT2D eigenvalue weighted by Gasteiger charge is 2.28. The first-order chi connectivity index (χ1) is 7.61. The maximum Gasteiger partial charge on any atom is 0.157 e. The standard InChI is InChI=1S/C11H17ClN4/c1-3-6(2)14-11-8(13)9(12)15-10(16-11)7-4-5-7/h6-7H,3-5,13H2,1-2H3,(H,14,15,16). The maximum atomic E-state index is 6.00. The molecule has 2 rings (SSSR count). The van der Waals surface area contributed by atoms with Gasteiger partial charge in [0.2, 0.25) is 0 Å². The monoisotopic (exact) mass is 240 g/mol. The highest BCUT2D eigenvalue weighted by Crippen LogP contribution is 2.40. The van der Waals surface area contributed by atoms with Crippen molar-refractivity contribution in [1.29, 1.82) is 0 Å². The summed E-state index contributed by atoms with van der Waals surface area (Å²) in [6.07, 6.45) is 3.33. The molecule has 1 atom stereocenters. The lowest BCUT2D eigenvalue weighted by molar-refractivity contribution is 0.756. The van der Waals surface area contributed by atoms with Gasteiger partial charge in [0.1, 0.15) is 11.5 Å². The molecular formula is C11H17ClN4. The minimum absolute atomic E-state index is 0.334. The van der Waals surface area contributed by atoms with E-state index in [1.807, 2.05) is 0 Å². The van der Waals surface area contributed by atoms with E-state index in [0.29, 0.717) is 28.6 Å². The van der Waals surface area contributed by atoms with Crippen molar-refractivity contribution in [3.8, 4) is 0 Å². The fourth-order valence-electron chi connectivity index (χ4n) is 1.43. The first kappa shape index (κ1) is 11.5. The number of hydrogen-bond donors (Lipinski definition) is 2. The van der Waals surface area contributed by atoms with E-state index in [1.165, 1.54) is 0 Å². The molecule has 16 heavy (non-hydrogen) atoms. The molecule has 1 heterocycles. The summed E-state index contributed by atoms with van der Waals surface area (Å²) in [5.74, 6) is 1.98. The van der Waals surface area contributed by atoms with Gasteiger partial charge in [0, 0.05) is 12.0 Å². The van der Waals surface area contributed by atoms with Gasteiger partial charge >= 0.3 is 0 Å². The zero-order chi connectivity index (χ0) is 11.7. The lowest BCUT2D eigenvalue weighted by Gasteiger charge is -2.15. The Balaban J connectivity index is 2.27. The summed E-state index contributed by atoms with van der Waals surface area (Å²) in [6, 6.07) is 0.334. The van der Waals surface area contributed by atoms with Crippen molar-refractivity contribution in [3.63, 3.8) is 0 Å². The van der Waals surface area contributed by atoms with Crippen LogP contribution in [-0.4, -0.2) is 16.0 Å². The van der Waals surface area contributed by atoms with Gasteiger partial charge in [-0.1, -0.05) is 18.5 Å². The van der Waals surface area contributed by atoms with E-state index in [1.54, 1.807) is 0 Å². The van der Waals surface area contributed by atoms with Crippen molar-refractivity contribution in [3.05, 3.63) is 11.0 Å². The van der Waals surface area contributed by atoms with Crippen LogP contribution in [0.5, 0.6) is 0 Å². The van der Waals surface area contributed by atoms with Gasteiger partial charge in [-0.2, -0.15) is 0 Å². The first-order valence-electron chi connectivity index (χ1n) is 5.71. The molecule has 0 spiro atoms.